The molecule has 1 saturated heterocycles. The van der Waals surface area contributed by atoms with Crippen LogP contribution in [-0.2, 0) is 10.8 Å². The molecule has 1 aromatic rings. The zero-order valence-corrected chi connectivity index (χ0v) is 10.3. The second-order valence-electron chi connectivity index (χ2n) is 3.89. The predicted molar refractivity (Wildman–Crippen MR) is 65.9 cm³/mol. The fraction of sp³-hybridized carbons (Fsp3) is 0.455. The number of nitrogens with one attached hydrogen (secondary N) is 1. The van der Waals surface area contributed by atoms with Crippen molar-refractivity contribution in [3.05, 3.63) is 29.0 Å². The highest BCUT2D eigenvalue weighted by atomic mass is 35.5. The van der Waals surface area contributed by atoms with Crippen molar-refractivity contribution in [3.8, 4) is 0 Å². The Kier molecular flexibility index (Phi) is 3.82. The number of halogens is 2. The Balaban J connectivity index is 2.01. The van der Waals surface area contributed by atoms with Gasteiger partial charge in [0.25, 0.3) is 0 Å². The topological polar surface area (TPSA) is 29.1 Å². The van der Waals surface area contributed by atoms with Gasteiger partial charge in [-0.25, -0.2) is 4.39 Å². The minimum Gasteiger partial charge on any atom is -0.380 e. The number of hydrogen-bond acceptors (Lipinski definition) is 2. The second kappa shape index (κ2) is 5.15. The van der Waals surface area contributed by atoms with Crippen LogP contribution >= 0.6 is 11.6 Å². The van der Waals surface area contributed by atoms with Crippen LogP contribution in [-0.4, -0.2) is 21.8 Å². The van der Waals surface area contributed by atoms with Crippen molar-refractivity contribution in [1.82, 2.24) is 0 Å². The molecule has 0 unspecified atom stereocenters. The summed E-state index contributed by atoms with van der Waals surface area (Å²) in [5, 5.41) is 3.52. The first kappa shape index (κ1) is 11.9. The largest absolute Gasteiger partial charge is 0.380 e. The lowest BCUT2D eigenvalue weighted by Crippen LogP contribution is -2.29. The van der Waals surface area contributed by atoms with Gasteiger partial charge in [-0.1, -0.05) is 11.6 Å². The van der Waals surface area contributed by atoms with Crippen molar-refractivity contribution in [2.75, 3.05) is 16.8 Å². The molecule has 0 aromatic heterocycles. The predicted octanol–water partition coefficient (Wildman–Crippen LogP) is 2.80. The molecule has 0 radical (unpaired) electrons. The summed E-state index contributed by atoms with van der Waals surface area (Å²) in [6.45, 7) is 0. The van der Waals surface area contributed by atoms with E-state index in [-0.39, 0.29) is 11.9 Å². The van der Waals surface area contributed by atoms with E-state index in [9.17, 15) is 8.60 Å². The van der Waals surface area contributed by atoms with Gasteiger partial charge in [0.05, 0.1) is 5.69 Å². The second-order valence-corrected chi connectivity index (χ2v) is 6.02. The van der Waals surface area contributed by atoms with Crippen LogP contribution in [0.2, 0.25) is 5.02 Å². The van der Waals surface area contributed by atoms with Gasteiger partial charge in [-0.2, -0.15) is 0 Å². The molecule has 2 nitrogen and oxygen atoms in total. The van der Waals surface area contributed by atoms with Crippen LogP contribution in [0.15, 0.2) is 18.2 Å². The average Bonchev–Trinajstić information content (AvgIpc) is 2.25. The van der Waals surface area contributed by atoms with Crippen molar-refractivity contribution in [2.45, 2.75) is 18.9 Å². The summed E-state index contributed by atoms with van der Waals surface area (Å²) < 4.78 is 24.6. The first-order valence-corrected chi connectivity index (χ1v) is 7.08. The monoisotopic (exact) mass is 261 g/mol. The summed E-state index contributed by atoms with van der Waals surface area (Å²) in [5.41, 5.74) is 0.474. The highest BCUT2D eigenvalue weighted by molar-refractivity contribution is 7.85. The van der Waals surface area contributed by atoms with E-state index in [2.05, 4.69) is 5.32 Å². The SMILES string of the molecule is O=S1CCC(Nc2ccc(Cl)cc2F)CC1. The molecule has 2 rings (SSSR count). The maximum absolute atomic E-state index is 13.5. The van der Waals surface area contributed by atoms with Gasteiger partial charge in [0.1, 0.15) is 5.82 Å². The highest BCUT2D eigenvalue weighted by Crippen LogP contribution is 2.22. The fourth-order valence-electron chi connectivity index (χ4n) is 1.76. The summed E-state index contributed by atoms with van der Waals surface area (Å²) in [6.07, 6.45) is 1.66. The minimum absolute atomic E-state index is 0.216. The standard InChI is InChI=1S/C11H13ClFNOS/c12-8-1-2-11(10(13)7-8)14-9-3-5-16(15)6-4-9/h1-2,7,9,14H,3-6H2. The molecule has 0 atom stereocenters. The third-order valence-electron chi connectivity index (χ3n) is 2.68. The zero-order valence-electron chi connectivity index (χ0n) is 8.71. The van der Waals surface area contributed by atoms with Gasteiger partial charge in [-0.3, -0.25) is 4.21 Å². The van der Waals surface area contributed by atoms with E-state index in [0.29, 0.717) is 22.2 Å². The van der Waals surface area contributed by atoms with Crippen LogP contribution in [0.3, 0.4) is 0 Å². The summed E-state index contributed by atoms with van der Waals surface area (Å²) in [7, 11) is -0.683. The van der Waals surface area contributed by atoms with E-state index in [0.717, 1.165) is 12.8 Å². The fourth-order valence-corrected chi connectivity index (χ4v) is 3.22. The Morgan fingerprint density at radius 2 is 2.06 bits per heavy atom. The van der Waals surface area contributed by atoms with Gasteiger partial charge in [0.2, 0.25) is 0 Å². The molecule has 0 bridgehead atoms. The molecule has 1 aromatic carbocycles. The summed E-state index contributed by atoms with van der Waals surface area (Å²) in [5.74, 6) is 1.07. The van der Waals surface area contributed by atoms with Gasteiger partial charge in [0.15, 0.2) is 0 Å². The molecule has 88 valence electrons. The Morgan fingerprint density at radius 3 is 2.69 bits per heavy atom. The van der Waals surface area contributed by atoms with Crippen LogP contribution in [0.25, 0.3) is 0 Å². The first-order chi connectivity index (χ1) is 7.65. The Hall–Kier alpha value is -0.610. The van der Waals surface area contributed by atoms with Crippen LogP contribution in [0.1, 0.15) is 12.8 Å². The van der Waals surface area contributed by atoms with E-state index < -0.39 is 10.8 Å². The quantitative estimate of drug-likeness (QED) is 0.887. The Bertz CT molecular complexity index is 403. The molecule has 1 N–H and O–H groups in total. The van der Waals surface area contributed by atoms with Crippen molar-refractivity contribution in [1.29, 1.82) is 0 Å². The van der Waals surface area contributed by atoms with Crippen LogP contribution in [0, 0.1) is 5.82 Å². The lowest BCUT2D eigenvalue weighted by molar-refractivity contribution is 0.604. The van der Waals surface area contributed by atoms with Crippen molar-refractivity contribution >= 4 is 28.1 Å². The minimum atomic E-state index is -0.683. The molecule has 16 heavy (non-hydrogen) atoms. The van der Waals surface area contributed by atoms with E-state index in [4.69, 9.17) is 11.6 Å². The molecule has 1 aliphatic rings. The number of rotatable bonds is 2. The summed E-state index contributed by atoms with van der Waals surface area (Å²) in [6, 6.07) is 4.82. The van der Waals surface area contributed by atoms with Gasteiger partial charge in [0, 0.05) is 33.4 Å². The normalized spacial score (nSPS) is 25.4. The van der Waals surface area contributed by atoms with Crippen LogP contribution in [0.5, 0.6) is 0 Å². The molecule has 1 aliphatic heterocycles. The maximum atomic E-state index is 13.5. The molecule has 1 fully saturated rings. The molecule has 5 heteroatoms. The molecular formula is C11H13ClFNOS. The molecule has 0 saturated carbocycles. The zero-order chi connectivity index (χ0) is 11.5. The average molecular weight is 262 g/mol. The molecule has 0 spiro atoms. The molecule has 1 heterocycles. The van der Waals surface area contributed by atoms with E-state index >= 15 is 0 Å². The number of benzene rings is 1. The lowest BCUT2D eigenvalue weighted by atomic mass is 10.1. The third-order valence-corrected chi connectivity index (χ3v) is 4.30. The molecule has 0 amide bonds. The number of hydrogen-bond donors (Lipinski definition) is 1. The Labute approximate surface area is 102 Å². The van der Waals surface area contributed by atoms with Gasteiger partial charge in [-0.05, 0) is 31.0 Å². The van der Waals surface area contributed by atoms with Gasteiger partial charge < -0.3 is 5.32 Å². The van der Waals surface area contributed by atoms with Gasteiger partial charge >= 0.3 is 0 Å². The molecular weight excluding hydrogens is 249 g/mol. The summed E-state index contributed by atoms with van der Waals surface area (Å²) >= 11 is 5.67. The third kappa shape index (κ3) is 2.95. The van der Waals surface area contributed by atoms with Crippen LogP contribution in [0.4, 0.5) is 10.1 Å². The van der Waals surface area contributed by atoms with E-state index in [1.165, 1.54) is 6.07 Å². The Morgan fingerprint density at radius 1 is 1.38 bits per heavy atom. The van der Waals surface area contributed by atoms with Crippen molar-refractivity contribution in [3.63, 3.8) is 0 Å². The lowest BCUT2D eigenvalue weighted by Gasteiger charge is -2.23. The van der Waals surface area contributed by atoms with E-state index in [1.54, 1.807) is 12.1 Å². The van der Waals surface area contributed by atoms with E-state index in [1.807, 2.05) is 0 Å². The summed E-state index contributed by atoms with van der Waals surface area (Å²) in [4.78, 5) is 0. The van der Waals surface area contributed by atoms with Crippen molar-refractivity contribution < 1.29 is 8.60 Å². The van der Waals surface area contributed by atoms with Crippen molar-refractivity contribution in [2.24, 2.45) is 0 Å². The molecule has 0 aliphatic carbocycles. The first-order valence-electron chi connectivity index (χ1n) is 5.22. The van der Waals surface area contributed by atoms with Crippen LogP contribution < -0.4 is 5.32 Å². The smallest absolute Gasteiger partial charge is 0.147 e. The number of anilines is 1. The maximum Gasteiger partial charge on any atom is 0.147 e. The highest BCUT2D eigenvalue weighted by Gasteiger charge is 2.18. The van der Waals surface area contributed by atoms with Gasteiger partial charge in [-0.15, -0.1) is 0 Å².